The van der Waals surface area contributed by atoms with Crippen LogP contribution in [0.1, 0.15) is 23.2 Å². The highest BCUT2D eigenvalue weighted by Gasteiger charge is 2.23. The number of likely N-dealkylation sites (tertiary alicyclic amines) is 1. The molecule has 0 radical (unpaired) electrons. The minimum absolute atomic E-state index is 0.0607. The zero-order chi connectivity index (χ0) is 15.8. The lowest BCUT2D eigenvalue weighted by Crippen LogP contribution is -2.45. The van der Waals surface area contributed by atoms with Crippen molar-refractivity contribution in [2.24, 2.45) is 0 Å². The highest BCUT2D eigenvalue weighted by Crippen LogP contribution is 2.16. The summed E-state index contributed by atoms with van der Waals surface area (Å²) in [4.78, 5) is 14.3. The normalized spacial score (nSPS) is 16.0. The van der Waals surface area contributed by atoms with Crippen LogP contribution < -0.4 is 5.32 Å². The van der Waals surface area contributed by atoms with Crippen LogP contribution in [0.5, 0.6) is 0 Å². The van der Waals surface area contributed by atoms with Gasteiger partial charge in [-0.25, -0.2) is 0 Å². The van der Waals surface area contributed by atoms with Crippen molar-refractivity contribution in [3.05, 3.63) is 34.9 Å². The fourth-order valence-electron chi connectivity index (χ4n) is 2.56. The van der Waals surface area contributed by atoms with Crippen molar-refractivity contribution in [1.82, 2.24) is 10.2 Å². The summed E-state index contributed by atoms with van der Waals surface area (Å²) >= 11 is 5.84. The van der Waals surface area contributed by atoms with E-state index in [1.807, 2.05) is 4.90 Å². The number of ether oxygens (including phenoxy) is 1. The minimum atomic E-state index is 0.0607. The van der Waals surface area contributed by atoms with Crippen molar-refractivity contribution in [1.29, 1.82) is 0 Å². The molecule has 1 fully saturated rings. The molecule has 1 amide bonds. The zero-order valence-electron chi connectivity index (χ0n) is 12.6. The second-order valence-electron chi connectivity index (χ2n) is 5.36. The molecule has 1 saturated heterocycles. The molecule has 1 aromatic carbocycles. The van der Waals surface area contributed by atoms with Crippen LogP contribution in [-0.4, -0.2) is 61.4 Å². The Labute approximate surface area is 136 Å². The van der Waals surface area contributed by atoms with Gasteiger partial charge < -0.3 is 20.1 Å². The highest BCUT2D eigenvalue weighted by atomic mass is 35.5. The third-order valence-corrected chi connectivity index (χ3v) is 4.04. The van der Waals surface area contributed by atoms with Gasteiger partial charge in [0.1, 0.15) is 0 Å². The smallest absolute Gasteiger partial charge is 0.253 e. The Balaban J connectivity index is 1.70. The first-order valence-electron chi connectivity index (χ1n) is 7.67. The van der Waals surface area contributed by atoms with Crippen molar-refractivity contribution < 1.29 is 14.6 Å². The lowest BCUT2D eigenvalue weighted by atomic mass is 10.0. The largest absolute Gasteiger partial charge is 0.394 e. The van der Waals surface area contributed by atoms with Gasteiger partial charge in [0.25, 0.3) is 5.91 Å². The van der Waals surface area contributed by atoms with Gasteiger partial charge in [-0.3, -0.25) is 4.79 Å². The van der Waals surface area contributed by atoms with Crippen molar-refractivity contribution in [3.8, 4) is 0 Å². The van der Waals surface area contributed by atoms with Gasteiger partial charge in [-0.2, -0.15) is 0 Å². The van der Waals surface area contributed by atoms with E-state index in [4.69, 9.17) is 21.4 Å². The lowest BCUT2D eigenvalue weighted by molar-refractivity contribution is 0.0692. The summed E-state index contributed by atoms with van der Waals surface area (Å²) in [6.07, 6.45) is 1.89. The zero-order valence-corrected chi connectivity index (χ0v) is 13.4. The van der Waals surface area contributed by atoms with Crippen molar-refractivity contribution in [3.63, 3.8) is 0 Å². The van der Waals surface area contributed by atoms with Crippen LogP contribution in [0.25, 0.3) is 0 Å². The van der Waals surface area contributed by atoms with Crippen LogP contribution in [-0.2, 0) is 4.74 Å². The molecule has 1 aromatic rings. The Morgan fingerprint density at radius 2 is 1.95 bits per heavy atom. The molecule has 0 aliphatic carbocycles. The molecular formula is C16H23ClN2O3. The maximum atomic E-state index is 12.4. The first kappa shape index (κ1) is 17.2. The molecule has 2 N–H and O–H groups in total. The average Bonchev–Trinajstić information content (AvgIpc) is 2.55. The molecular weight excluding hydrogens is 304 g/mol. The number of carbonyl (C=O) groups excluding carboxylic acids is 1. The molecule has 0 unspecified atom stereocenters. The van der Waals surface area contributed by atoms with E-state index >= 15 is 0 Å². The predicted octanol–water partition coefficient (Wildman–Crippen LogP) is 1.54. The second-order valence-corrected chi connectivity index (χ2v) is 5.80. The van der Waals surface area contributed by atoms with Gasteiger partial charge in [0.15, 0.2) is 0 Å². The van der Waals surface area contributed by atoms with Gasteiger partial charge in [0.05, 0.1) is 19.8 Å². The van der Waals surface area contributed by atoms with E-state index in [9.17, 15) is 4.79 Å². The van der Waals surface area contributed by atoms with Gasteiger partial charge in [0, 0.05) is 36.3 Å². The Morgan fingerprint density at radius 1 is 1.27 bits per heavy atom. The third-order valence-electron chi connectivity index (χ3n) is 3.79. The van der Waals surface area contributed by atoms with Crippen LogP contribution in [0, 0.1) is 0 Å². The molecule has 6 heteroatoms. The number of nitrogens with one attached hydrogen (secondary N) is 1. The molecule has 5 nitrogen and oxygen atoms in total. The molecule has 122 valence electrons. The molecule has 1 heterocycles. The molecule has 22 heavy (non-hydrogen) atoms. The summed E-state index contributed by atoms with van der Waals surface area (Å²) in [5.74, 6) is 0.0707. The molecule has 0 aromatic heterocycles. The van der Waals surface area contributed by atoms with E-state index < -0.39 is 0 Å². The monoisotopic (exact) mass is 326 g/mol. The minimum Gasteiger partial charge on any atom is -0.394 e. The van der Waals surface area contributed by atoms with Gasteiger partial charge >= 0.3 is 0 Å². The predicted molar refractivity (Wildman–Crippen MR) is 86.3 cm³/mol. The SMILES string of the molecule is O=C(c1ccc(Cl)cc1)N1CCC(NCCOCCO)CC1. The van der Waals surface area contributed by atoms with Crippen molar-refractivity contribution in [2.45, 2.75) is 18.9 Å². The number of benzene rings is 1. The summed E-state index contributed by atoms with van der Waals surface area (Å²) in [7, 11) is 0. The number of hydrogen-bond acceptors (Lipinski definition) is 4. The van der Waals surface area contributed by atoms with E-state index in [0.29, 0.717) is 29.8 Å². The molecule has 2 rings (SSSR count). The summed E-state index contributed by atoms with van der Waals surface area (Å²) < 4.78 is 5.21. The molecule has 0 atom stereocenters. The number of piperidine rings is 1. The number of aliphatic hydroxyl groups excluding tert-OH is 1. The Morgan fingerprint density at radius 3 is 2.59 bits per heavy atom. The molecule has 1 aliphatic heterocycles. The summed E-state index contributed by atoms with van der Waals surface area (Å²) in [6, 6.07) is 7.46. The first-order chi connectivity index (χ1) is 10.7. The maximum Gasteiger partial charge on any atom is 0.253 e. The van der Waals surface area contributed by atoms with E-state index in [-0.39, 0.29) is 12.5 Å². The third kappa shape index (κ3) is 5.25. The van der Waals surface area contributed by atoms with Crippen LogP contribution >= 0.6 is 11.6 Å². The maximum absolute atomic E-state index is 12.4. The Bertz CT molecular complexity index is 459. The van der Waals surface area contributed by atoms with Crippen LogP contribution in [0.4, 0.5) is 0 Å². The van der Waals surface area contributed by atoms with Crippen LogP contribution in [0.2, 0.25) is 5.02 Å². The molecule has 0 bridgehead atoms. The molecule has 1 aliphatic rings. The van der Waals surface area contributed by atoms with E-state index in [2.05, 4.69) is 5.32 Å². The second kappa shape index (κ2) is 9.10. The standard InChI is InChI=1S/C16H23ClN2O3/c17-14-3-1-13(2-4-14)16(21)19-8-5-15(6-9-19)18-7-11-22-12-10-20/h1-4,15,18,20H,5-12H2. The number of hydrogen-bond donors (Lipinski definition) is 2. The highest BCUT2D eigenvalue weighted by molar-refractivity contribution is 6.30. The lowest BCUT2D eigenvalue weighted by Gasteiger charge is -2.32. The van der Waals surface area contributed by atoms with E-state index in [1.165, 1.54) is 0 Å². The average molecular weight is 327 g/mol. The Kier molecular flexibility index (Phi) is 7.12. The summed E-state index contributed by atoms with van der Waals surface area (Å²) in [5.41, 5.74) is 0.688. The number of rotatable bonds is 7. The van der Waals surface area contributed by atoms with Gasteiger partial charge in [-0.1, -0.05) is 11.6 Å². The van der Waals surface area contributed by atoms with Gasteiger partial charge in [-0.05, 0) is 37.1 Å². The topological polar surface area (TPSA) is 61.8 Å². The number of amides is 1. The summed E-state index contributed by atoms with van der Waals surface area (Å²) in [5, 5.41) is 12.7. The first-order valence-corrected chi connectivity index (χ1v) is 8.05. The number of nitrogens with zero attached hydrogens (tertiary/aromatic N) is 1. The fraction of sp³-hybridized carbons (Fsp3) is 0.562. The fourth-order valence-corrected chi connectivity index (χ4v) is 2.69. The summed E-state index contributed by atoms with van der Waals surface area (Å²) in [6.45, 7) is 3.34. The van der Waals surface area contributed by atoms with Crippen LogP contribution in [0.3, 0.4) is 0 Å². The Hall–Kier alpha value is -1.14. The van der Waals surface area contributed by atoms with E-state index in [0.717, 1.165) is 32.5 Å². The quantitative estimate of drug-likeness (QED) is 0.746. The number of halogens is 1. The molecule has 0 saturated carbocycles. The van der Waals surface area contributed by atoms with Gasteiger partial charge in [0.2, 0.25) is 0 Å². The van der Waals surface area contributed by atoms with Crippen molar-refractivity contribution in [2.75, 3.05) is 39.5 Å². The van der Waals surface area contributed by atoms with Gasteiger partial charge in [-0.15, -0.1) is 0 Å². The van der Waals surface area contributed by atoms with Crippen LogP contribution in [0.15, 0.2) is 24.3 Å². The number of carbonyl (C=O) groups is 1. The molecule has 0 spiro atoms. The van der Waals surface area contributed by atoms with Crippen molar-refractivity contribution >= 4 is 17.5 Å². The van der Waals surface area contributed by atoms with E-state index in [1.54, 1.807) is 24.3 Å². The number of aliphatic hydroxyl groups is 1.